The Morgan fingerprint density at radius 2 is 0.951 bits per heavy atom. The number of nitrogens with one attached hydrogen (secondary N) is 3. The molecule has 5 aliphatic rings. The number of phosphoric ester groups is 4. The molecular formula is C46H65N20O31P5. The first-order valence-electron chi connectivity index (χ1n) is 29.6. The maximum Gasteiger partial charge on any atom is 0.490 e. The third-order valence-corrected chi connectivity index (χ3v) is 22.3. The first-order valence-corrected chi connectivity index (χ1v) is 37.1. The van der Waals surface area contributed by atoms with E-state index in [2.05, 4.69) is 63.4 Å². The van der Waals surface area contributed by atoms with E-state index in [1.165, 1.54) is 21.4 Å². The van der Waals surface area contributed by atoms with E-state index in [0.717, 1.165) is 48.7 Å². The summed E-state index contributed by atoms with van der Waals surface area (Å²) in [5.74, 6) is -1.24. The normalized spacial score (nSPS) is 30.5. The predicted molar refractivity (Wildman–Crippen MR) is 335 cm³/mol. The summed E-state index contributed by atoms with van der Waals surface area (Å²) in [5.41, 5.74) is 20.3. The first kappa shape index (κ1) is 74.9. The molecule has 4 fully saturated rings. The lowest BCUT2D eigenvalue weighted by atomic mass is 10.1. The van der Waals surface area contributed by atoms with E-state index >= 15 is 0 Å². The van der Waals surface area contributed by atoms with Crippen LogP contribution in [-0.2, 0) is 91.7 Å². The Kier molecular flexibility index (Phi) is 21.0. The maximum absolute atomic E-state index is 14.5. The zero-order valence-corrected chi connectivity index (χ0v) is 57.5. The minimum absolute atomic E-state index is 0.00633. The summed E-state index contributed by atoms with van der Waals surface area (Å²) >= 11 is 0. The number of imidazole rings is 3. The number of ether oxygens (including phenoxy) is 7. The summed E-state index contributed by atoms with van der Waals surface area (Å²) in [6, 6.07) is 0. The third-order valence-electron chi connectivity index (χ3n) is 16.1. The van der Waals surface area contributed by atoms with Crippen molar-refractivity contribution in [2.24, 2.45) is 0 Å². The van der Waals surface area contributed by atoms with E-state index in [9.17, 15) is 77.0 Å². The lowest BCUT2D eigenvalue weighted by Gasteiger charge is -2.28. The Bertz CT molecular complexity index is 4740. The van der Waals surface area contributed by atoms with Gasteiger partial charge in [-0.15, -0.1) is 0 Å². The number of hydrogen-bond acceptors (Lipinski definition) is 40. The number of methoxy groups -OCH3 is 2. The highest BCUT2D eigenvalue weighted by Crippen LogP contribution is 2.68. The van der Waals surface area contributed by atoms with Crippen molar-refractivity contribution in [1.29, 1.82) is 0 Å². The summed E-state index contributed by atoms with van der Waals surface area (Å²) in [6.45, 7) is -1.56. The number of aromatic nitrogens is 14. The van der Waals surface area contributed by atoms with Crippen LogP contribution in [0.15, 0.2) is 39.7 Å². The predicted octanol–water partition coefficient (Wildman–Crippen LogP) is -3.89. The van der Waals surface area contributed by atoms with Crippen LogP contribution in [-0.4, -0.2) is 248 Å². The average Bonchev–Trinajstić information content (AvgIpc) is 1.63. The van der Waals surface area contributed by atoms with Gasteiger partial charge in [-0.1, -0.05) is 0 Å². The van der Waals surface area contributed by atoms with Gasteiger partial charge in [0.25, 0.3) is 16.7 Å². The fourth-order valence-corrected chi connectivity index (χ4v) is 17.3. The van der Waals surface area contributed by atoms with E-state index in [4.69, 9.17) is 83.2 Å². The van der Waals surface area contributed by atoms with Crippen LogP contribution < -0.4 is 49.4 Å². The highest BCUT2D eigenvalue weighted by atomic mass is 31.3. The number of fused-ring (bicyclic) bond motifs is 4. The van der Waals surface area contributed by atoms with Crippen LogP contribution >= 0.6 is 39.1 Å². The number of hydrogen-bond donors (Lipinski definition) is 15. The van der Waals surface area contributed by atoms with Gasteiger partial charge >= 0.3 is 39.1 Å². The Labute approximate surface area is 567 Å². The molecule has 7 aromatic heterocycles. The van der Waals surface area contributed by atoms with Gasteiger partial charge in [0.15, 0.2) is 64.5 Å². The minimum Gasteiger partial charge on any atom is -0.387 e. The number of aliphatic hydroxyl groups is 3. The zero-order chi connectivity index (χ0) is 73.6. The van der Waals surface area contributed by atoms with Crippen LogP contribution in [0, 0.1) is 0 Å². The van der Waals surface area contributed by atoms with Crippen LogP contribution in [0.1, 0.15) is 32.5 Å². The number of nitrogens with zero attached hydrogens (tertiary/aromatic N) is 13. The van der Waals surface area contributed by atoms with Crippen LogP contribution in [0.3, 0.4) is 0 Å². The van der Waals surface area contributed by atoms with Gasteiger partial charge in [-0.2, -0.15) is 23.6 Å². The second kappa shape index (κ2) is 28.6. The number of nitrogens with two attached hydrogens (primary N) is 4. The number of aromatic amines is 3. The summed E-state index contributed by atoms with van der Waals surface area (Å²) < 4.78 is 154. The zero-order valence-electron chi connectivity index (χ0n) is 53.0. The monoisotopic (exact) mass is 1550 g/mol. The lowest BCUT2D eigenvalue weighted by Crippen LogP contribution is -2.45. The quantitative estimate of drug-likeness (QED) is 0.0209. The van der Waals surface area contributed by atoms with Gasteiger partial charge in [0.1, 0.15) is 90.8 Å². The molecule has 12 rings (SSSR count). The van der Waals surface area contributed by atoms with Gasteiger partial charge in [-0.05, 0) is 13.8 Å². The lowest BCUT2D eigenvalue weighted by molar-refractivity contribution is -0.0816. The largest absolute Gasteiger partial charge is 0.490 e. The fraction of sp³-hybridized carbons (Fsp3) is 0.587. The van der Waals surface area contributed by atoms with Crippen LogP contribution in [0.2, 0.25) is 0 Å². The van der Waals surface area contributed by atoms with Crippen molar-refractivity contribution in [3.05, 3.63) is 56.4 Å². The van der Waals surface area contributed by atoms with Gasteiger partial charge in [0.2, 0.25) is 17.8 Å². The molecule has 56 heteroatoms. The molecule has 9 unspecified atom stereocenters. The van der Waals surface area contributed by atoms with E-state index < -0.39 is 192 Å². The molecule has 19 N–H and O–H groups in total. The summed E-state index contributed by atoms with van der Waals surface area (Å²) in [5, 5.41) is 33.3. The Balaban J connectivity index is 0.752. The van der Waals surface area contributed by atoms with Crippen molar-refractivity contribution in [3.63, 3.8) is 0 Å². The summed E-state index contributed by atoms with van der Waals surface area (Å²) in [6.07, 6.45) is -23.3. The van der Waals surface area contributed by atoms with E-state index in [1.54, 1.807) is 13.8 Å². The first-order chi connectivity index (χ1) is 48.0. The number of nitrogen functional groups attached to an aromatic ring is 4. The molecule has 0 saturated carbocycles. The molecule has 0 aromatic carbocycles. The van der Waals surface area contributed by atoms with Crippen molar-refractivity contribution in [1.82, 2.24) is 68.5 Å². The van der Waals surface area contributed by atoms with Crippen LogP contribution in [0.5, 0.6) is 0 Å². The molecule has 0 aliphatic carbocycles. The van der Waals surface area contributed by atoms with Gasteiger partial charge in [0, 0.05) is 21.3 Å². The molecule has 0 bridgehead atoms. The van der Waals surface area contributed by atoms with Crippen molar-refractivity contribution in [2.45, 2.75) is 118 Å². The fourth-order valence-electron chi connectivity index (χ4n) is 11.8. The van der Waals surface area contributed by atoms with Gasteiger partial charge in [0.05, 0.1) is 58.2 Å². The SMILES string of the molecule is CO[C@H]1C(OP(=O)(O)OC[C@H]2O[C@@H](n3cnc4c(=O)[nH]c(N)nc43)[C@@H](OC)C2OP(=O)(O)OC[C@H]2O[C@@H](n3cnc4c(=O)[nH]c(N)nc43)[C@@H](O)C2OC(C)C)[C@@H](COP(=O)(O)OP(=O)(O)OP(=O)(O)OC[C@H]2O[C@@H](N3CN(C)c4c3nc(N)[nH]c4=O)C(O)[C@H]2O)O[C@H]1n1cnc2c(N)ncnc21. The topological polar surface area (TPSA) is 713 Å². The number of phosphoric acid groups is 5. The second-order valence-corrected chi connectivity index (χ2v) is 30.6. The molecule has 12 heterocycles. The molecule has 560 valence electrons. The molecule has 0 spiro atoms. The third kappa shape index (κ3) is 15.2. The molecule has 102 heavy (non-hydrogen) atoms. The highest BCUT2D eigenvalue weighted by molar-refractivity contribution is 7.66. The number of H-pyrrole nitrogens is 3. The Morgan fingerprint density at radius 1 is 0.520 bits per heavy atom. The van der Waals surface area contributed by atoms with E-state index in [-0.39, 0.29) is 69.4 Å². The number of anilines is 6. The molecule has 7 aromatic rings. The maximum atomic E-state index is 14.5. The van der Waals surface area contributed by atoms with E-state index in [0.29, 0.717) is 0 Å². The van der Waals surface area contributed by atoms with Crippen molar-refractivity contribution < 1.29 is 132 Å². The second-order valence-electron chi connectivity index (χ2n) is 23.2. The van der Waals surface area contributed by atoms with Gasteiger partial charge in [-0.25, -0.2) is 47.7 Å². The standard InChI is InChI=1S/C46H65N20O31P5/c1-15(2)89-27-17(91-41(26(27)69)64-12-54-21-34(64)56-44(48)59-37(21)70)7-85-98(73,74)94-28-18(93-43(31(28)84-5)65-13-55-22-35(65)57-45(49)60-38(22)71)8-86-99(75,76)95-29-19(92-42(30(29)83-4)63-11-53-20-32(47)51-10-52-33(20)63)9-88-101(79,80)97-102(81,82)96-100(77,78)87-6-16-24(67)25(68)40(90-16)66-14-62(3)23-36(66)58-46(50)61-39(23)72/h10-13,15-19,24-31,40-43,67-69H,6-9,14H2,1-5H3,(H,73,74)(H,75,76)(H,77,78)(H,79,80)(H,81,82)(H2,47,51,52)(H3,48,56,59,70)(H3,49,57,60,71)(H3,50,58,61,72)/t16-,17-,18-,19-,24+,25?,26+,27?,28?,29?,30+,31+,40-,41-,42-,43-/m1/s1. The Hall–Kier alpha value is -6.84. The molecular weight excluding hydrogens is 1480 g/mol. The molecule has 51 nitrogen and oxygen atoms in total. The highest BCUT2D eigenvalue weighted by Gasteiger charge is 2.56. The van der Waals surface area contributed by atoms with Crippen LogP contribution in [0.25, 0.3) is 33.5 Å². The smallest absolute Gasteiger partial charge is 0.387 e. The number of rotatable bonds is 28. The van der Waals surface area contributed by atoms with Gasteiger partial charge in [-0.3, -0.25) is 70.2 Å². The van der Waals surface area contributed by atoms with Crippen molar-refractivity contribution in [2.75, 3.05) is 87.1 Å². The van der Waals surface area contributed by atoms with Crippen molar-refractivity contribution >= 4 is 108 Å². The summed E-state index contributed by atoms with van der Waals surface area (Å²) in [7, 11) is -26.0. The van der Waals surface area contributed by atoms with Crippen molar-refractivity contribution in [3.8, 4) is 0 Å². The Morgan fingerprint density at radius 3 is 1.46 bits per heavy atom. The van der Waals surface area contributed by atoms with Crippen LogP contribution in [0.4, 0.5) is 35.2 Å². The minimum atomic E-state index is -6.31. The molecule has 5 aliphatic heterocycles. The summed E-state index contributed by atoms with van der Waals surface area (Å²) in [4.78, 5) is 135. The molecule has 4 saturated heterocycles. The average molecular weight is 1550 g/mol. The number of aliphatic hydroxyl groups excluding tert-OH is 3. The molecule has 21 atom stereocenters. The van der Waals surface area contributed by atoms with Gasteiger partial charge < -0.3 is 106 Å². The molecule has 0 amide bonds. The van der Waals surface area contributed by atoms with E-state index in [1.807, 2.05) is 0 Å². The molecule has 0 radical (unpaired) electrons.